The van der Waals surface area contributed by atoms with Crippen molar-refractivity contribution in [2.45, 2.75) is 19.9 Å². The van der Waals surface area contributed by atoms with Gasteiger partial charge in [0.1, 0.15) is 11.4 Å². The maximum atomic E-state index is 5.44. The lowest BCUT2D eigenvalue weighted by Gasteiger charge is -2.13. The highest BCUT2D eigenvalue weighted by Crippen LogP contribution is 2.19. The van der Waals surface area contributed by atoms with Crippen molar-refractivity contribution in [2.75, 3.05) is 20.7 Å². The number of nitrogens with zero attached hydrogens (tertiary/aromatic N) is 4. The summed E-state index contributed by atoms with van der Waals surface area (Å²) in [6.45, 7) is 3.26. The van der Waals surface area contributed by atoms with Crippen LogP contribution in [0.4, 0.5) is 0 Å². The quantitative estimate of drug-likeness (QED) is 0.480. The van der Waals surface area contributed by atoms with Crippen LogP contribution in [0.5, 0.6) is 5.75 Å². The zero-order chi connectivity index (χ0) is 19.8. The molecule has 0 aliphatic rings. The van der Waals surface area contributed by atoms with Crippen LogP contribution in [0, 0.1) is 6.92 Å². The number of ether oxygens (including phenoxy) is 1. The van der Waals surface area contributed by atoms with Crippen LogP contribution in [0.1, 0.15) is 17.0 Å². The fourth-order valence-corrected chi connectivity index (χ4v) is 2.64. The normalized spacial score (nSPS) is 11.3. The highest BCUT2D eigenvalue weighted by Gasteiger charge is 2.10. The minimum Gasteiger partial charge on any atom is -0.496 e. The van der Waals surface area contributed by atoms with Crippen LogP contribution in [-0.2, 0) is 13.0 Å². The molecule has 1 aromatic carbocycles. The molecule has 0 atom stereocenters. The number of nitrogens with one attached hydrogen (secondary N) is 2. The summed E-state index contributed by atoms with van der Waals surface area (Å²) in [4.78, 5) is 12.8. The summed E-state index contributed by atoms with van der Waals surface area (Å²) in [5.74, 6) is 2.58. The van der Waals surface area contributed by atoms with Gasteiger partial charge in [0.15, 0.2) is 11.8 Å². The first-order chi connectivity index (χ1) is 13.7. The molecule has 2 aromatic heterocycles. The Morgan fingerprint density at radius 2 is 2.11 bits per heavy atom. The van der Waals surface area contributed by atoms with Crippen molar-refractivity contribution >= 4 is 5.96 Å². The van der Waals surface area contributed by atoms with E-state index in [-0.39, 0.29) is 0 Å². The molecule has 0 aliphatic heterocycles. The van der Waals surface area contributed by atoms with Gasteiger partial charge in [-0.2, -0.15) is 4.98 Å². The molecule has 0 saturated heterocycles. The van der Waals surface area contributed by atoms with E-state index in [2.05, 4.69) is 36.8 Å². The van der Waals surface area contributed by atoms with E-state index in [1.807, 2.05) is 37.3 Å². The molecule has 2 N–H and O–H groups in total. The lowest BCUT2D eigenvalue weighted by Crippen LogP contribution is -2.38. The number of hydrogen-bond donors (Lipinski definition) is 2. The van der Waals surface area contributed by atoms with Gasteiger partial charge in [0, 0.05) is 38.3 Å². The average molecular weight is 380 g/mol. The van der Waals surface area contributed by atoms with Crippen molar-refractivity contribution in [1.82, 2.24) is 25.8 Å². The minimum absolute atomic E-state index is 0.421. The second kappa shape index (κ2) is 9.50. The Hall–Kier alpha value is -3.42. The molecule has 3 rings (SSSR count). The van der Waals surface area contributed by atoms with Crippen LogP contribution in [0.3, 0.4) is 0 Å². The van der Waals surface area contributed by atoms with Gasteiger partial charge in [-0.05, 0) is 30.7 Å². The fourth-order valence-electron chi connectivity index (χ4n) is 2.64. The number of hydrogen-bond acceptors (Lipinski definition) is 6. The average Bonchev–Trinajstić information content (AvgIpc) is 3.20. The maximum Gasteiger partial charge on any atom is 0.276 e. The van der Waals surface area contributed by atoms with Gasteiger partial charge in [0.25, 0.3) is 5.89 Å². The molecule has 0 unspecified atom stereocenters. The third kappa shape index (κ3) is 5.06. The van der Waals surface area contributed by atoms with Gasteiger partial charge in [-0.1, -0.05) is 23.4 Å². The SMILES string of the molecule is CN=C(NCCc1noc(-c2ccccn2)n1)NCc1ccc(C)cc1OC. The molecule has 8 nitrogen and oxygen atoms in total. The van der Waals surface area contributed by atoms with Crippen LogP contribution < -0.4 is 15.4 Å². The highest BCUT2D eigenvalue weighted by atomic mass is 16.5. The molecule has 0 fully saturated rings. The van der Waals surface area contributed by atoms with E-state index in [0.717, 1.165) is 16.9 Å². The van der Waals surface area contributed by atoms with Crippen LogP contribution >= 0.6 is 0 Å². The third-order valence-electron chi connectivity index (χ3n) is 4.11. The Kier molecular flexibility index (Phi) is 6.56. The Morgan fingerprint density at radius 3 is 2.86 bits per heavy atom. The summed E-state index contributed by atoms with van der Waals surface area (Å²) in [7, 11) is 3.41. The van der Waals surface area contributed by atoms with Crippen molar-refractivity contribution in [3.63, 3.8) is 0 Å². The van der Waals surface area contributed by atoms with Crippen LogP contribution in [-0.4, -0.2) is 41.8 Å². The molecule has 0 bridgehead atoms. The molecule has 0 aliphatic carbocycles. The van der Waals surface area contributed by atoms with Crippen molar-refractivity contribution in [3.05, 3.63) is 59.5 Å². The number of pyridine rings is 1. The van der Waals surface area contributed by atoms with Crippen molar-refractivity contribution in [3.8, 4) is 17.3 Å². The number of rotatable bonds is 7. The number of aryl methyl sites for hydroxylation is 1. The van der Waals surface area contributed by atoms with E-state index in [1.54, 1.807) is 20.4 Å². The van der Waals surface area contributed by atoms with E-state index >= 15 is 0 Å². The van der Waals surface area contributed by atoms with Gasteiger partial charge >= 0.3 is 0 Å². The first-order valence-electron chi connectivity index (χ1n) is 9.01. The molecule has 28 heavy (non-hydrogen) atoms. The predicted molar refractivity (Wildman–Crippen MR) is 107 cm³/mol. The van der Waals surface area contributed by atoms with E-state index in [4.69, 9.17) is 9.26 Å². The summed E-state index contributed by atoms with van der Waals surface area (Å²) in [5.41, 5.74) is 2.89. The summed E-state index contributed by atoms with van der Waals surface area (Å²) in [6.07, 6.45) is 2.30. The van der Waals surface area contributed by atoms with Crippen LogP contribution in [0.2, 0.25) is 0 Å². The summed E-state index contributed by atoms with van der Waals surface area (Å²) < 4.78 is 10.7. The van der Waals surface area contributed by atoms with Gasteiger partial charge in [-0.15, -0.1) is 0 Å². The second-order valence-electron chi connectivity index (χ2n) is 6.15. The van der Waals surface area contributed by atoms with Gasteiger partial charge in [0.05, 0.1) is 7.11 Å². The predicted octanol–water partition coefficient (Wildman–Crippen LogP) is 2.36. The van der Waals surface area contributed by atoms with Gasteiger partial charge in [-0.25, -0.2) is 0 Å². The van der Waals surface area contributed by atoms with E-state index in [1.165, 1.54) is 0 Å². The molecule has 0 spiro atoms. The number of benzene rings is 1. The summed E-state index contributed by atoms with van der Waals surface area (Å²) in [5, 5.41) is 10.5. The molecule has 2 heterocycles. The lowest BCUT2D eigenvalue weighted by molar-refractivity contribution is 0.408. The third-order valence-corrected chi connectivity index (χ3v) is 4.11. The molecular formula is C20H24N6O2. The van der Waals surface area contributed by atoms with E-state index in [9.17, 15) is 0 Å². The highest BCUT2D eigenvalue weighted by molar-refractivity contribution is 5.79. The summed E-state index contributed by atoms with van der Waals surface area (Å²) in [6, 6.07) is 11.7. The van der Waals surface area contributed by atoms with Crippen LogP contribution in [0.25, 0.3) is 11.6 Å². The first kappa shape index (κ1) is 19.3. The number of aliphatic imine (C=N–C) groups is 1. The topological polar surface area (TPSA) is 97.5 Å². The zero-order valence-corrected chi connectivity index (χ0v) is 16.3. The second-order valence-corrected chi connectivity index (χ2v) is 6.15. The Morgan fingerprint density at radius 1 is 1.21 bits per heavy atom. The molecule has 3 aromatic rings. The van der Waals surface area contributed by atoms with Gasteiger partial charge in [-0.3, -0.25) is 9.98 Å². The lowest BCUT2D eigenvalue weighted by atomic mass is 10.1. The first-order valence-corrected chi connectivity index (χ1v) is 9.01. The number of methoxy groups -OCH3 is 1. The van der Waals surface area contributed by atoms with Crippen molar-refractivity contribution in [2.24, 2.45) is 4.99 Å². The van der Waals surface area contributed by atoms with Gasteiger partial charge in [0.2, 0.25) is 0 Å². The van der Waals surface area contributed by atoms with E-state index in [0.29, 0.717) is 42.9 Å². The smallest absolute Gasteiger partial charge is 0.276 e. The fraction of sp³-hybridized carbons (Fsp3) is 0.300. The molecule has 8 heteroatoms. The monoisotopic (exact) mass is 380 g/mol. The standard InChI is InChI=1S/C20H24N6O2/c1-14-7-8-15(17(12-14)27-3)13-24-20(21-2)23-11-9-18-25-19(28-26-18)16-6-4-5-10-22-16/h4-8,10,12H,9,11,13H2,1-3H3,(H2,21,23,24). The number of aromatic nitrogens is 3. The zero-order valence-electron chi connectivity index (χ0n) is 16.3. The molecule has 0 amide bonds. The maximum absolute atomic E-state index is 5.44. The van der Waals surface area contributed by atoms with Crippen molar-refractivity contribution < 1.29 is 9.26 Å². The molecule has 146 valence electrons. The van der Waals surface area contributed by atoms with E-state index < -0.39 is 0 Å². The minimum atomic E-state index is 0.421. The molecule has 0 saturated carbocycles. The number of guanidine groups is 1. The van der Waals surface area contributed by atoms with Crippen molar-refractivity contribution in [1.29, 1.82) is 0 Å². The Bertz CT molecular complexity index is 923. The van der Waals surface area contributed by atoms with Gasteiger partial charge < -0.3 is 19.9 Å². The molecular weight excluding hydrogens is 356 g/mol. The Balaban J connectivity index is 1.49. The summed E-state index contributed by atoms with van der Waals surface area (Å²) >= 11 is 0. The van der Waals surface area contributed by atoms with Crippen LogP contribution in [0.15, 0.2) is 52.1 Å². The largest absolute Gasteiger partial charge is 0.496 e. The Labute approximate surface area is 164 Å². The molecule has 0 radical (unpaired) electrons.